The summed E-state index contributed by atoms with van der Waals surface area (Å²) in [6.45, 7) is 7.83. The Balaban J connectivity index is 2.33. The molecule has 0 saturated carbocycles. The summed E-state index contributed by atoms with van der Waals surface area (Å²) in [6.07, 6.45) is 2.26. The number of carbonyl (C=O) groups excluding carboxylic acids is 1. The van der Waals surface area contributed by atoms with Gasteiger partial charge in [0.05, 0.1) is 18.2 Å². The fraction of sp³-hybridized carbons (Fsp3) is 0.304. The monoisotopic (exact) mass is 412 g/mol. The lowest BCUT2D eigenvalue weighted by Crippen LogP contribution is -2.14. The van der Waals surface area contributed by atoms with E-state index in [4.69, 9.17) is 21.1 Å². The van der Waals surface area contributed by atoms with Crippen molar-refractivity contribution in [3.63, 3.8) is 0 Å². The van der Waals surface area contributed by atoms with Gasteiger partial charge in [0.15, 0.2) is 11.5 Å². The van der Waals surface area contributed by atoms with Crippen LogP contribution in [0.5, 0.6) is 11.5 Å². The summed E-state index contributed by atoms with van der Waals surface area (Å²) >= 11 is 6.37. The van der Waals surface area contributed by atoms with Crippen LogP contribution in [0.3, 0.4) is 0 Å². The molecule has 0 fully saturated rings. The average molecular weight is 413 g/mol. The number of amides is 1. The number of benzene rings is 2. The van der Waals surface area contributed by atoms with Gasteiger partial charge >= 0.3 is 0 Å². The minimum atomic E-state index is -0.491. The van der Waals surface area contributed by atoms with Gasteiger partial charge in [-0.3, -0.25) is 4.79 Å². The first-order valence-corrected chi connectivity index (χ1v) is 9.71. The van der Waals surface area contributed by atoms with E-state index >= 15 is 0 Å². The lowest BCUT2D eigenvalue weighted by molar-refractivity contribution is -0.112. The number of hydrogen-bond acceptors (Lipinski definition) is 4. The average Bonchev–Trinajstić information content (AvgIpc) is 2.69. The van der Waals surface area contributed by atoms with Gasteiger partial charge in [0.2, 0.25) is 0 Å². The molecule has 6 heteroatoms. The summed E-state index contributed by atoms with van der Waals surface area (Å²) in [7, 11) is 1.51. The van der Waals surface area contributed by atoms with Gasteiger partial charge in [-0.25, -0.2) is 0 Å². The van der Waals surface area contributed by atoms with E-state index in [2.05, 4.69) is 5.32 Å². The first kappa shape index (κ1) is 22.3. The SMILES string of the molecule is CC[C@H](C)Oc1c(Cl)cc(/C=C(/C#N)C(=O)Nc2ccc(C)cc2C)cc1OC. The highest BCUT2D eigenvalue weighted by Gasteiger charge is 2.16. The molecule has 2 rings (SSSR count). The van der Waals surface area contributed by atoms with Crippen LogP contribution in [0, 0.1) is 25.2 Å². The molecule has 0 bridgehead atoms. The standard InChI is InChI=1S/C23H25ClN2O3/c1-6-16(4)29-22-19(24)11-17(12-21(22)28-5)10-18(13-25)23(27)26-20-8-7-14(2)9-15(20)3/h7-12,16H,6H2,1-5H3,(H,26,27)/b18-10-/t16-/m0/s1. The molecule has 1 amide bonds. The minimum absolute atomic E-state index is 0.0269. The number of rotatable bonds is 7. The third-order valence-electron chi connectivity index (χ3n) is 4.45. The molecule has 2 aromatic carbocycles. The van der Waals surface area contributed by atoms with E-state index in [0.29, 0.717) is 27.8 Å². The second-order valence-electron chi connectivity index (χ2n) is 6.81. The number of nitrogens with one attached hydrogen (secondary N) is 1. The fourth-order valence-electron chi connectivity index (χ4n) is 2.68. The van der Waals surface area contributed by atoms with Gasteiger partial charge < -0.3 is 14.8 Å². The van der Waals surface area contributed by atoms with Crippen LogP contribution in [0.15, 0.2) is 35.9 Å². The number of nitrogens with zero attached hydrogens (tertiary/aromatic N) is 1. The summed E-state index contributed by atoms with van der Waals surface area (Å²) in [5.41, 5.74) is 3.20. The van der Waals surface area contributed by atoms with Crippen molar-refractivity contribution in [1.82, 2.24) is 0 Å². The van der Waals surface area contributed by atoms with Crippen molar-refractivity contribution in [2.75, 3.05) is 12.4 Å². The molecule has 0 aromatic heterocycles. The number of aryl methyl sites for hydroxylation is 2. The summed E-state index contributed by atoms with van der Waals surface area (Å²) in [4.78, 5) is 12.6. The number of anilines is 1. The third kappa shape index (κ3) is 5.75. The summed E-state index contributed by atoms with van der Waals surface area (Å²) in [5.74, 6) is 0.393. The Morgan fingerprint density at radius 1 is 1.31 bits per heavy atom. The highest BCUT2D eigenvalue weighted by atomic mass is 35.5. The quantitative estimate of drug-likeness (QED) is 0.468. The van der Waals surface area contributed by atoms with Crippen molar-refractivity contribution < 1.29 is 14.3 Å². The number of carbonyl (C=O) groups is 1. The Labute approximate surface area is 176 Å². The van der Waals surface area contributed by atoms with Gasteiger partial charge in [-0.1, -0.05) is 36.2 Å². The molecular weight excluding hydrogens is 388 g/mol. The van der Waals surface area contributed by atoms with E-state index in [1.165, 1.54) is 13.2 Å². The summed E-state index contributed by atoms with van der Waals surface area (Å²) in [6, 6.07) is 11.0. The Kier molecular flexibility index (Phi) is 7.69. The van der Waals surface area contributed by atoms with Crippen LogP contribution in [0.2, 0.25) is 5.02 Å². The number of hydrogen-bond donors (Lipinski definition) is 1. The normalized spacial score (nSPS) is 12.1. The van der Waals surface area contributed by atoms with Crippen LogP contribution in [0.1, 0.15) is 37.0 Å². The Hall–Kier alpha value is -2.97. The molecular formula is C23H25ClN2O3. The third-order valence-corrected chi connectivity index (χ3v) is 4.73. The van der Waals surface area contributed by atoms with Gasteiger partial charge in [0, 0.05) is 5.69 Å². The van der Waals surface area contributed by atoms with Gasteiger partial charge in [0.25, 0.3) is 5.91 Å². The van der Waals surface area contributed by atoms with E-state index in [0.717, 1.165) is 17.5 Å². The van der Waals surface area contributed by atoms with Gasteiger partial charge in [-0.15, -0.1) is 0 Å². The van der Waals surface area contributed by atoms with E-state index in [1.54, 1.807) is 12.1 Å². The molecule has 0 aliphatic heterocycles. The topological polar surface area (TPSA) is 71.3 Å². The van der Waals surface area contributed by atoms with E-state index < -0.39 is 5.91 Å². The Morgan fingerprint density at radius 2 is 2.03 bits per heavy atom. The zero-order valence-corrected chi connectivity index (χ0v) is 18.1. The first-order chi connectivity index (χ1) is 13.8. The Morgan fingerprint density at radius 3 is 2.62 bits per heavy atom. The van der Waals surface area contributed by atoms with E-state index in [-0.39, 0.29) is 11.7 Å². The maximum Gasteiger partial charge on any atom is 0.266 e. The summed E-state index contributed by atoms with van der Waals surface area (Å²) in [5, 5.41) is 12.6. The molecule has 0 spiro atoms. The number of nitriles is 1. The van der Waals surface area contributed by atoms with Crippen molar-refractivity contribution in [2.45, 2.75) is 40.2 Å². The molecule has 5 nitrogen and oxygen atoms in total. The van der Waals surface area contributed by atoms with Crippen molar-refractivity contribution >= 4 is 29.3 Å². The molecule has 0 heterocycles. The maximum absolute atomic E-state index is 12.6. The lowest BCUT2D eigenvalue weighted by Gasteiger charge is -2.17. The lowest BCUT2D eigenvalue weighted by atomic mass is 10.1. The molecule has 1 N–H and O–H groups in total. The molecule has 0 radical (unpaired) electrons. The molecule has 0 aliphatic carbocycles. The molecule has 0 unspecified atom stereocenters. The Bertz CT molecular complexity index is 977. The van der Waals surface area contributed by atoms with Crippen molar-refractivity contribution in [3.8, 4) is 17.6 Å². The van der Waals surface area contributed by atoms with Gasteiger partial charge in [0.1, 0.15) is 11.6 Å². The zero-order chi connectivity index (χ0) is 21.6. The zero-order valence-electron chi connectivity index (χ0n) is 17.3. The second-order valence-corrected chi connectivity index (χ2v) is 7.22. The molecule has 2 aromatic rings. The van der Waals surface area contributed by atoms with Crippen LogP contribution < -0.4 is 14.8 Å². The molecule has 29 heavy (non-hydrogen) atoms. The minimum Gasteiger partial charge on any atom is -0.493 e. The first-order valence-electron chi connectivity index (χ1n) is 9.33. The molecule has 152 valence electrons. The fourth-order valence-corrected chi connectivity index (χ4v) is 2.94. The van der Waals surface area contributed by atoms with Gasteiger partial charge in [-0.2, -0.15) is 5.26 Å². The van der Waals surface area contributed by atoms with Crippen LogP contribution in [0.25, 0.3) is 6.08 Å². The van der Waals surface area contributed by atoms with E-state index in [9.17, 15) is 10.1 Å². The number of methoxy groups -OCH3 is 1. The molecule has 1 atom stereocenters. The van der Waals surface area contributed by atoms with Crippen LogP contribution in [-0.4, -0.2) is 19.1 Å². The van der Waals surface area contributed by atoms with Crippen molar-refractivity contribution in [2.24, 2.45) is 0 Å². The predicted octanol–water partition coefficient (Wildman–Crippen LogP) is 5.69. The maximum atomic E-state index is 12.6. The van der Waals surface area contributed by atoms with E-state index in [1.807, 2.05) is 52.0 Å². The predicted molar refractivity (Wildman–Crippen MR) is 117 cm³/mol. The van der Waals surface area contributed by atoms with Gasteiger partial charge in [-0.05, 0) is 62.6 Å². The molecule has 0 aliphatic rings. The van der Waals surface area contributed by atoms with Crippen LogP contribution in [-0.2, 0) is 4.79 Å². The smallest absolute Gasteiger partial charge is 0.266 e. The summed E-state index contributed by atoms with van der Waals surface area (Å²) < 4.78 is 11.2. The van der Waals surface area contributed by atoms with Crippen LogP contribution in [0.4, 0.5) is 5.69 Å². The highest BCUT2D eigenvalue weighted by Crippen LogP contribution is 2.38. The number of halogens is 1. The van der Waals surface area contributed by atoms with Crippen LogP contribution >= 0.6 is 11.6 Å². The van der Waals surface area contributed by atoms with Crippen molar-refractivity contribution in [3.05, 3.63) is 57.6 Å². The molecule has 0 saturated heterocycles. The number of ether oxygens (including phenoxy) is 2. The highest BCUT2D eigenvalue weighted by molar-refractivity contribution is 6.32. The van der Waals surface area contributed by atoms with Crippen molar-refractivity contribution in [1.29, 1.82) is 5.26 Å². The second kappa shape index (κ2) is 9.99. The largest absolute Gasteiger partial charge is 0.493 e.